The highest BCUT2D eigenvalue weighted by molar-refractivity contribution is 7.09. The monoisotopic (exact) mass is 295 g/mol. The zero-order chi connectivity index (χ0) is 14.5. The third-order valence-electron chi connectivity index (χ3n) is 4.04. The molecule has 5 heteroatoms. The van der Waals surface area contributed by atoms with Gasteiger partial charge in [-0.15, -0.1) is 11.3 Å². The van der Waals surface area contributed by atoms with Crippen molar-refractivity contribution in [2.75, 3.05) is 13.1 Å². The molecule has 1 saturated carbocycles. The van der Waals surface area contributed by atoms with Crippen molar-refractivity contribution in [2.45, 2.75) is 45.4 Å². The molecule has 0 spiro atoms. The van der Waals surface area contributed by atoms with Crippen LogP contribution in [0.15, 0.2) is 5.38 Å². The van der Waals surface area contributed by atoms with E-state index in [0.717, 1.165) is 31.4 Å². The van der Waals surface area contributed by atoms with E-state index >= 15 is 0 Å². The highest BCUT2D eigenvalue weighted by Gasteiger charge is 2.31. The van der Waals surface area contributed by atoms with Gasteiger partial charge in [-0.2, -0.15) is 0 Å². The lowest BCUT2D eigenvalue weighted by molar-refractivity contribution is -0.125. The number of hydrogen-bond acceptors (Lipinski definition) is 4. The van der Waals surface area contributed by atoms with Crippen molar-refractivity contribution < 1.29 is 4.79 Å². The van der Waals surface area contributed by atoms with E-state index in [4.69, 9.17) is 5.73 Å². The van der Waals surface area contributed by atoms with Crippen molar-refractivity contribution >= 4 is 17.2 Å². The number of aromatic nitrogens is 1. The summed E-state index contributed by atoms with van der Waals surface area (Å²) in [6.45, 7) is 5.60. The maximum Gasteiger partial charge on any atom is 0.223 e. The van der Waals surface area contributed by atoms with Gasteiger partial charge in [0.2, 0.25) is 5.91 Å². The van der Waals surface area contributed by atoms with Crippen LogP contribution in [0.1, 0.15) is 49.7 Å². The number of amides is 1. The van der Waals surface area contributed by atoms with Crippen LogP contribution >= 0.6 is 11.3 Å². The molecule has 1 aromatic heterocycles. The number of carbonyl (C=O) groups is 1. The minimum absolute atomic E-state index is 0.127. The van der Waals surface area contributed by atoms with Gasteiger partial charge in [-0.1, -0.05) is 20.3 Å². The number of nitrogens with zero attached hydrogens (tertiary/aromatic N) is 1. The smallest absolute Gasteiger partial charge is 0.223 e. The molecule has 3 N–H and O–H groups in total. The minimum Gasteiger partial charge on any atom is -0.355 e. The summed E-state index contributed by atoms with van der Waals surface area (Å²) < 4.78 is 0. The predicted octanol–water partition coefficient (Wildman–Crippen LogP) is 2.30. The Bertz CT molecular complexity index is 444. The Hall–Kier alpha value is -0.940. The summed E-state index contributed by atoms with van der Waals surface area (Å²) in [6, 6.07) is 0. The summed E-state index contributed by atoms with van der Waals surface area (Å²) in [5.41, 5.74) is 6.81. The molecule has 2 atom stereocenters. The van der Waals surface area contributed by atoms with E-state index < -0.39 is 0 Å². The van der Waals surface area contributed by atoms with Gasteiger partial charge in [0.25, 0.3) is 0 Å². The van der Waals surface area contributed by atoms with E-state index in [-0.39, 0.29) is 11.8 Å². The molecule has 1 aliphatic rings. The van der Waals surface area contributed by atoms with Crippen molar-refractivity contribution in [2.24, 2.45) is 17.6 Å². The first kappa shape index (κ1) is 15.4. The fourth-order valence-corrected chi connectivity index (χ4v) is 3.68. The summed E-state index contributed by atoms with van der Waals surface area (Å²) in [4.78, 5) is 16.7. The molecule has 1 aromatic rings. The Morgan fingerprint density at radius 3 is 3.00 bits per heavy atom. The third-order valence-corrected chi connectivity index (χ3v) is 5.24. The predicted molar refractivity (Wildman–Crippen MR) is 82.8 cm³/mol. The van der Waals surface area contributed by atoms with Crippen molar-refractivity contribution in [1.29, 1.82) is 0 Å². The van der Waals surface area contributed by atoms with Gasteiger partial charge in [0.1, 0.15) is 0 Å². The molecule has 112 valence electrons. The van der Waals surface area contributed by atoms with Crippen LogP contribution < -0.4 is 11.1 Å². The average molecular weight is 295 g/mol. The summed E-state index contributed by atoms with van der Waals surface area (Å²) >= 11 is 1.71. The van der Waals surface area contributed by atoms with Crippen LogP contribution in [0.2, 0.25) is 0 Å². The van der Waals surface area contributed by atoms with Crippen molar-refractivity contribution in [3.8, 4) is 0 Å². The molecule has 1 aliphatic carbocycles. The number of rotatable bonds is 6. The van der Waals surface area contributed by atoms with Gasteiger partial charge in [0, 0.05) is 30.2 Å². The third kappa shape index (κ3) is 3.79. The normalized spacial score (nSPS) is 22.4. The number of thiazole rings is 1. The lowest BCUT2D eigenvalue weighted by Gasteiger charge is -2.17. The molecular formula is C15H25N3OS. The molecular weight excluding hydrogens is 270 g/mol. The van der Waals surface area contributed by atoms with Gasteiger partial charge in [-0.3, -0.25) is 4.79 Å². The lowest BCUT2D eigenvalue weighted by Crippen LogP contribution is -2.36. The molecule has 2 rings (SSSR count). The molecule has 0 bridgehead atoms. The van der Waals surface area contributed by atoms with E-state index in [1.807, 2.05) is 0 Å². The highest BCUT2D eigenvalue weighted by atomic mass is 32.1. The maximum absolute atomic E-state index is 12.1. The Morgan fingerprint density at radius 2 is 2.35 bits per heavy atom. The molecule has 0 unspecified atom stereocenters. The van der Waals surface area contributed by atoms with Gasteiger partial charge in [-0.25, -0.2) is 4.98 Å². The number of nitrogens with two attached hydrogens (primary N) is 1. The van der Waals surface area contributed by atoms with Crippen LogP contribution in [0.3, 0.4) is 0 Å². The molecule has 0 aromatic carbocycles. The van der Waals surface area contributed by atoms with E-state index in [1.54, 1.807) is 11.3 Å². The zero-order valence-corrected chi connectivity index (χ0v) is 13.2. The van der Waals surface area contributed by atoms with Crippen LogP contribution in [0.25, 0.3) is 0 Å². The molecule has 0 radical (unpaired) electrons. The summed E-state index contributed by atoms with van der Waals surface area (Å²) in [5.74, 6) is 1.16. The van der Waals surface area contributed by atoms with Gasteiger partial charge in [0.05, 0.1) is 10.7 Å². The molecule has 20 heavy (non-hydrogen) atoms. The Balaban J connectivity index is 1.76. The van der Waals surface area contributed by atoms with E-state index in [9.17, 15) is 4.79 Å². The van der Waals surface area contributed by atoms with Crippen LogP contribution in [-0.2, 0) is 11.2 Å². The van der Waals surface area contributed by atoms with Gasteiger partial charge in [-0.05, 0) is 25.3 Å². The number of hydrogen-bond donors (Lipinski definition) is 2. The van der Waals surface area contributed by atoms with Crippen molar-refractivity contribution in [3.05, 3.63) is 16.1 Å². The van der Waals surface area contributed by atoms with Crippen molar-refractivity contribution in [3.63, 3.8) is 0 Å². The second-order valence-electron chi connectivity index (χ2n) is 5.91. The van der Waals surface area contributed by atoms with Crippen LogP contribution in [0.4, 0.5) is 0 Å². The summed E-state index contributed by atoms with van der Waals surface area (Å²) in [5, 5.41) is 6.31. The van der Waals surface area contributed by atoms with Gasteiger partial charge >= 0.3 is 0 Å². The first-order valence-corrected chi connectivity index (χ1v) is 8.41. The zero-order valence-electron chi connectivity index (χ0n) is 12.4. The summed E-state index contributed by atoms with van der Waals surface area (Å²) in [7, 11) is 0. The fraction of sp³-hybridized carbons (Fsp3) is 0.733. The maximum atomic E-state index is 12.1. The highest BCUT2D eigenvalue weighted by Crippen LogP contribution is 2.30. The van der Waals surface area contributed by atoms with E-state index in [1.165, 1.54) is 5.01 Å². The van der Waals surface area contributed by atoms with Gasteiger partial charge in [0.15, 0.2) is 0 Å². The standard InChI is InChI=1S/C15H25N3OS/c1-10(2)15-18-12(9-20-15)6-7-17-14(19)13-5-3-4-11(13)8-16/h9-11,13H,3-8,16H2,1-2H3,(H,17,19)/t11-,13-/m1/s1. The quantitative estimate of drug-likeness (QED) is 0.846. The number of carbonyl (C=O) groups excluding carboxylic acids is 1. The Kier molecular flexibility index (Phi) is 5.54. The molecule has 0 aliphatic heterocycles. The Morgan fingerprint density at radius 1 is 1.55 bits per heavy atom. The van der Waals surface area contributed by atoms with Crippen LogP contribution in [0, 0.1) is 11.8 Å². The van der Waals surface area contributed by atoms with E-state index in [0.29, 0.717) is 24.9 Å². The average Bonchev–Trinajstić information content (AvgIpc) is 3.07. The molecule has 1 fully saturated rings. The molecule has 4 nitrogen and oxygen atoms in total. The first-order valence-electron chi connectivity index (χ1n) is 7.54. The Labute approximate surface area is 125 Å². The number of nitrogens with one attached hydrogen (secondary N) is 1. The fourth-order valence-electron chi connectivity index (χ4n) is 2.81. The largest absolute Gasteiger partial charge is 0.355 e. The SMILES string of the molecule is CC(C)c1nc(CCNC(=O)[C@@H]2CCC[C@@H]2CN)cs1. The van der Waals surface area contributed by atoms with E-state index in [2.05, 4.69) is 29.5 Å². The van der Waals surface area contributed by atoms with Crippen LogP contribution in [0.5, 0.6) is 0 Å². The first-order chi connectivity index (χ1) is 9.61. The minimum atomic E-state index is 0.127. The summed E-state index contributed by atoms with van der Waals surface area (Å²) in [6.07, 6.45) is 4.03. The molecule has 1 amide bonds. The second kappa shape index (κ2) is 7.18. The van der Waals surface area contributed by atoms with Crippen LogP contribution in [-0.4, -0.2) is 24.0 Å². The second-order valence-corrected chi connectivity index (χ2v) is 6.80. The lowest BCUT2D eigenvalue weighted by atomic mass is 9.95. The van der Waals surface area contributed by atoms with Gasteiger partial charge < -0.3 is 11.1 Å². The topological polar surface area (TPSA) is 68.0 Å². The molecule has 0 saturated heterocycles. The molecule has 1 heterocycles. The van der Waals surface area contributed by atoms with Crippen molar-refractivity contribution in [1.82, 2.24) is 10.3 Å².